The number of fused-ring (bicyclic) bond motifs is 1. The first kappa shape index (κ1) is 16.7. The van der Waals surface area contributed by atoms with Crippen LogP contribution in [0.25, 0.3) is 0 Å². The molecular weight excluding hydrogens is 312 g/mol. The maximum absolute atomic E-state index is 10.2. The highest BCUT2D eigenvalue weighted by atomic mass is 32.2. The average Bonchev–Trinajstić information content (AvgIpc) is 2.82. The second-order valence-corrected chi connectivity index (χ2v) is 7.14. The maximum atomic E-state index is 10.2. The van der Waals surface area contributed by atoms with Crippen molar-refractivity contribution in [2.24, 2.45) is 4.99 Å². The predicted octanol–water partition coefficient (Wildman–Crippen LogP) is 2.47. The molecule has 1 fully saturated rings. The van der Waals surface area contributed by atoms with Crippen LogP contribution in [0.2, 0.25) is 0 Å². The molecule has 2 atom stereocenters. The molecule has 1 aromatic rings. The van der Waals surface area contributed by atoms with E-state index in [0.717, 1.165) is 37.4 Å². The Morgan fingerprint density at radius 2 is 2.09 bits per heavy atom. The SMILES string of the molecule is CC1N=C2CN(C)SN(CCCCOc3ccccc3)C2N1O. The summed E-state index contributed by atoms with van der Waals surface area (Å²) < 4.78 is 10.1. The largest absolute Gasteiger partial charge is 0.494 e. The number of aliphatic imine (C=N–C) groups is 1. The van der Waals surface area contributed by atoms with Crippen molar-refractivity contribution in [2.75, 3.05) is 26.7 Å². The van der Waals surface area contributed by atoms with E-state index in [1.165, 1.54) is 5.06 Å². The molecule has 126 valence electrons. The Kier molecular flexibility index (Phi) is 5.55. The van der Waals surface area contributed by atoms with Crippen molar-refractivity contribution >= 4 is 17.8 Å². The molecule has 0 aliphatic carbocycles. The number of nitrogens with zero attached hydrogens (tertiary/aromatic N) is 4. The lowest BCUT2D eigenvalue weighted by atomic mass is 10.2. The van der Waals surface area contributed by atoms with Gasteiger partial charge in [-0.3, -0.25) is 4.99 Å². The number of benzene rings is 1. The molecule has 0 aromatic heterocycles. The first-order chi connectivity index (χ1) is 11.1. The highest BCUT2D eigenvalue weighted by molar-refractivity contribution is 7.94. The standard InChI is InChI=1S/C16H24N4O2S/c1-13-17-15-12-18(2)23-19(16(15)20(13)21)10-6-7-11-22-14-8-4-3-5-9-14/h3-5,8-9,13,16,21H,6-7,10-12H2,1-2H3. The predicted molar refractivity (Wildman–Crippen MR) is 92.4 cm³/mol. The van der Waals surface area contributed by atoms with Gasteiger partial charge in [-0.1, -0.05) is 18.2 Å². The Morgan fingerprint density at radius 3 is 2.87 bits per heavy atom. The zero-order valence-corrected chi connectivity index (χ0v) is 14.4. The fourth-order valence-corrected chi connectivity index (χ4v) is 3.93. The van der Waals surface area contributed by atoms with Gasteiger partial charge in [0.25, 0.3) is 0 Å². The van der Waals surface area contributed by atoms with Gasteiger partial charge in [-0.05, 0) is 38.9 Å². The van der Waals surface area contributed by atoms with Crippen LogP contribution in [0.3, 0.4) is 0 Å². The summed E-state index contributed by atoms with van der Waals surface area (Å²) >= 11 is 1.67. The van der Waals surface area contributed by atoms with Gasteiger partial charge >= 0.3 is 0 Å². The monoisotopic (exact) mass is 336 g/mol. The second-order valence-electron chi connectivity index (χ2n) is 5.88. The molecule has 0 saturated carbocycles. The van der Waals surface area contributed by atoms with Gasteiger partial charge in [0.2, 0.25) is 0 Å². The van der Waals surface area contributed by atoms with Crippen molar-refractivity contribution in [1.29, 1.82) is 0 Å². The van der Waals surface area contributed by atoms with Gasteiger partial charge in [-0.15, -0.1) is 5.06 Å². The van der Waals surface area contributed by atoms with Crippen LogP contribution < -0.4 is 4.74 Å². The van der Waals surface area contributed by atoms with Crippen molar-refractivity contribution < 1.29 is 9.94 Å². The third kappa shape index (κ3) is 4.05. The molecule has 2 unspecified atom stereocenters. The normalized spacial score (nSPS) is 26.1. The fourth-order valence-electron chi connectivity index (χ4n) is 2.86. The van der Waals surface area contributed by atoms with Crippen LogP contribution in [0, 0.1) is 0 Å². The van der Waals surface area contributed by atoms with E-state index in [-0.39, 0.29) is 12.3 Å². The molecule has 2 aliphatic rings. The van der Waals surface area contributed by atoms with E-state index in [4.69, 9.17) is 4.74 Å². The lowest BCUT2D eigenvalue weighted by Crippen LogP contribution is -2.53. The molecule has 23 heavy (non-hydrogen) atoms. The number of unbranched alkanes of at least 4 members (excludes halogenated alkanes) is 1. The summed E-state index contributed by atoms with van der Waals surface area (Å²) in [6.07, 6.45) is 1.74. The smallest absolute Gasteiger partial charge is 0.139 e. The van der Waals surface area contributed by atoms with Crippen molar-refractivity contribution in [2.45, 2.75) is 32.1 Å². The second kappa shape index (κ2) is 7.63. The molecule has 0 bridgehead atoms. The van der Waals surface area contributed by atoms with E-state index in [0.29, 0.717) is 6.61 Å². The lowest BCUT2D eigenvalue weighted by Gasteiger charge is -2.39. The highest BCUT2D eigenvalue weighted by Crippen LogP contribution is 2.31. The van der Waals surface area contributed by atoms with Crippen molar-refractivity contribution in [3.05, 3.63) is 30.3 Å². The molecular formula is C16H24N4O2S. The van der Waals surface area contributed by atoms with Crippen molar-refractivity contribution in [1.82, 2.24) is 13.7 Å². The van der Waals surface area contributed by atoms with E-state index in [2.05, 4.69) is 20.7 Å². The summed E-state index contributed by atoms with van der Waals surface area (Å²) in [4.78, 5) is 4.55. The van der Waals surface area contributed by atoms with Crippen LogP contribution in [0.4, 0.5) is 0 Å². The molecule has 7 heteroatoms. The van der Waals surface area contributed by atoms with Gasteiger partial charge in [0.1, 0.15) is 18.1 Å². The number of hydrogen-bond donors (Lipinski definition) is 1. The molecule has 2 aliphatic heterocycles. The van der Waals surface area contributed by atoms with Crippen LogP contribution in [-0.4, -0.2) is 63.7 Å². The van der Waals surface area contributed by atoms with Crippen molar-refractivity contribution in [3.63, 3.8) is 0 Å². The van der Waals surface area contributed by atoms with E-state index in [9.17, 15) is 5.21 Å². The molecule has 0 spiro atoms. The Morgan fingerprint density at radius 1 is 1.30 bits per heavy atom. The maximum Gasteiger partial charge on any atom is 0.139 e. The summed E-state index contributed by atoms with van der Waals surface area (Å²) in [5, 5.41) is 11.6. The van der Waals surface area contributed by atoms with Crippen LogP contribution >= 0.6 is 12.1 Å². The Balaban J connectivity index is 1.45. The number of hydrogen-bond acceptors (Lipinski definition) is 7. The lowest BCUT2D eigenvalue weighted by molar-refractivity contribution is -0.148. The number of ether oxygens (including phenoxy) is 1. The third-order valence-electron chi connectivity index (χ3n) is 3.97. The van der Waals surface area contributed by atoms with Crippen molar-refractivity contribution in [3.8, 4) is 5.75 Å². The molecule has 0 amide bonds. The molecule has 1 N–H and O–H groups in total. The molecule has 2 heterocycles. The van der Waals surface area contributed by atoms with Gasteiger partial charge in [0.15, 0.2) is 0 Å². The van der Waals surface area contributed by atoms with E-state index >= 15 is 0 Å². The zero-order chi connectivity index (χ0) is 16.2. The summed E-state index contributed by atoms with van der Waals surface area (Å²) in [5.74, 6) is 0.917. The van der Waals surface area contributed by atoms with Gasteiger partial charge < -0.3 is 9.94 Å². The molecule has 1 saturated heterocycles. The van der Waals surface area contributed by atoms with E-state index in [1.54, 1.807) is 12.1 Å². The summed E-state index contributed by atoms with van der Waals surface area (Å²) in [7, 11) is 2.06. The summed E-state index contributed by atoms with van der Waals surface area (Å²) in [5.41, 5.74) is 1.04. The highest BCUT2D eigenvalue weighted by Gasteiger charge is 2.41. The van der Waals surface area contributed by atoms with Gasteiger partial charge in [0, 0.05) is 18.7 Å². The van der Waals surface area contributed by atoms with Gasteiger partial charge in [0.05, 0.1) is 18.9 Å². The van der Waals surface area contributed by atoms with E-state index in [1.807, 2.05) is 37.3 Å². The fraction of sp³-hybridized carbons (Fsp3) is 0.562. The minimum absolute atomic E-state index is 0.0961. The Bertz CT molecular complexity index is 542. The quantitative estimate of drug-likeness (QED) is 0.636. The number of rotatable bonds is 6. The first-order valence-corrected chi connectivity index (χ1v) is 8.75. The minimum atomic E-state index is -0.161. The molecule has 3 rings (SSSR count). The summed E-state index contributed by atoms with van der Waals surface area (Å²) in [6.45, 7) is 4.32. The first-order valence-electron chi connectivity index (χ1n) is 8.02. The van der Waals surface area contributed by atoms with E-state index < -0.39 is 0 Å². The topological polar surface area (TPSA) is 51.5 Å². The number of hydroxylamine groups is 2. The molecule has 6 nitrogen and oxygen atoms in total. The molecule has 1 aromatic carbocycles. The Hall–Kier alpha value is -1.12. The van der Waals surface area contributed by atoms with Crippen LogP contribution in [-0.2, 0) is 0 Å². The van der Waals surface area contributed by atoms with Crippen LogP contribution in [0.5, 0.6) is 5.75 Å². The number of para-hydroxylation sites is 1. The van der Waals surface area contributed by atoms with Crippen LogP contribution in [0.1, 0.15) is 19.8 Å². The average molecular weight is 336 g/mol. The third-order valence-corrected chi connectivity index (χ3v) is 4.97. The van der Waals surface area contributed by atoms with Gasteiger partial charge in [-0.2, -0.15) is 0 Å². The minimum Gasteiger partial charge on any atom is -0.494 e. The Labute approximate surface area is 141 Å². The summed E-state index contributed by atoms with van der Waals surface area (Å²) in [6, 6.07) is 9.89. The molecule has 0 radical (unpaired) electrons. The van der Waals surface area contributed by atoms with Gasteiger partial charge in [-0.25, -0.2) is 8.61 Å². The van der Waals surface area contributed by atoms with Crippen LogP contribution in [0.15, 0.2) is 35.3 Å². The zero-order valence-electron chi connectivity index (χ0n) is 13.6.